The summed E-state index contributed by atoms with van der Waals surface area (Å²) in [6.07, 6.45) is 5.30. The molecule has 0 bridgehead atoms. The van der Waals surface area contributed by atoms with Gasteiger partial charge in [-0.2, -0.15) is 0 Å². The van der Waals surface area contributed by atoms with Crippen LogP contribution in [0.25, 0.3) is 6.08 Å². The zero-order chi connectivity index (χ0) is 19.1. The molecule has 1 unspecified atom stereocenters. The summed E-state index contributed by atoms with van der Waals surface area (Å²) in [4.78, 5) is 29.2. The van der Waals surface area contributed by atoms with Gasteiger partial charge in [-0.1, -0.05) is 36.4 Å². The maximum absolute atomic E-state index is 12.9. The average molecular weight is 369 g/mol. The van der Waals surface area contributed by atoms with Crippen molar-refractivity contribution in [2.24, 2.45) is 0 Å². The highest BCUT2D eigenvalue weighted by Gasteiger charge is 2.38. The van der Waals surface area contributed by atoms with Crippen LogP contribution >= 0.6 is 0 Å². The summed E-state index contributed by atoms with van der Waals surface area (Å²) in [5.41, 5.74) is 2.95. The molecule has 0 spiro atoms. The number of fused-ring (bicyclic) bond motifs is 3. The third-order valence-electron chi connectivity index (χ3n) is 4.96. The first-order chi connectivity index (χ1) is 13.7. The van der Waals surface area contributed by atoms with Gasteiger partial charge in [-0.3, -0.25) is 14.6 Å². The average Bonchev–Trinajstić information content (AvgIpc) is 3.04. The molecule has 0 radical (unpaired) electrons. The van der Waals surface area contributed by atoms with Gasteiger partial charge in [0.05, 0.1) is 12.0 Å². The number of carbonyl (C=O) groups excluding carboxylic acids is 2. The molecule has 5 nitrogen and oxygen atoms in total. The van der Waals surface area contributed by atoms with E-state index < -0.39 is 0 Å². The first kappa shape index (κ1) is 16.4. The molecule has 3 heterocycles. The van der Waals surface area contributed by atoms with Crippen molar-refractivity contribution >= 4 is 17.8 Å². The number of ketones is 1. The third-order valence-corrected chi connectivity index (χ3v) is 4.96. The SMILES string of the molecule is O=C1CC(c2cccnc2)c2c(ccc3c2OC(=Cc2ccccc2)C3=O)O1. The fraction of sp³-hybridized carbons (Fsp3) is 0.0870. The molecule has 5 heteroatoms. The van der Waals surface area contributed by atoms with Crippen LogP contribution in [0.3, 0.4) is 0 Å². The standard InChI is InChI=1S/C23H15NO4/c25-20-12-17(15-7-4-10-24-13-15)21-18(27-20)9-8-16-22(26)19(28-23(16)21)11-14-5-2-1-3-6-14/h1-11,13,17H,12H2. The van der Waals surface area contributed by atoms with Crippen LogP contribution in [0.1, 0.15) is 39.4 Å². The second-order valence-corrected chi connectivity index (χ2v) is 6.72. The van der Waals surface area contributed by atoms with Crippen LogP contribution in [0, 0.1) is 0 Å². The minimum atomic E-state index is -0.314. The minimum Gasteiger partial charge on any atom is -0.452 e. The number of aromatic nitrogens is 1. The van der Waals surface area contributed by atoms with Crippen molar-refractivity contribution in [1.29, 1.82) is 0 Å². The number of hydrogen-bond donors (Lipinski definition) is 0. The molecule has 0 N–H and O–H groups in total. The maximum atomic E-state index is 12.9. The van der Waals surface area contributed by atoms with Gasteiger partial charge in [0.1, 0.15) is 11.5 Å². The van der Waals surface area contributed by atoms with E-state index in [2.05, 4.69) is 4.98 Å². The van der Waals surface area contributed by atoms with Gasteiger partial charge in [0.15, 0.2) is 5.76 Å². The number of Topliss-reactive ketones (excluding diaryl/α,β-unsaturated/α-hetero) is 1. The number of carbonyl (C=O) groups is 2. The lowest BCUT2D eigenvalue weighted by Gasteiger charge is -2.26. The molecule has 0 aliphatic carbocycles. The molecular weight excluding hydrogens is 354 g/mol. The normalized spacial score (nSPS) is 19.0. The molecule has 0 fully saturated rings. The fourth-order valence-corrected chi connectivity index (χ4v) is 3.67. The Labute approximate surface area is 161 Å². The lowest BCUT2D eigenvalue weighted by molar-refractivity contribution is -0.135. The summed E-state index contributed by atoms with van der Waals surface area (Å²) < 4.78 is 11.4. The molecule has 1 atom stereocenters. The van der Waals surface area contributed by atoms with E-state index in [0.717, 1.165) is 16.7 Å². The van der Waals surface area contributed by atoms with Gasteiger partial charge in [0.2, 0.25) is 5.78 Å². The molecule has 0 saturated carbocycles. The number of benzene rings is 2. The van der Waals surface area contributed by atoms with Crippen molar-refractivity contribution in [3.63, 3.8) is 0 Å². The molecule has 2 aliphatic rings. The van der Waals surface area contributed by atoms with E-state index in [1.54, 1.807) is 30.6 Å². The van der Waals surface area contributed by atoms with Gasteiger partial charge in [-0.15, -0.1) is 0 Å². The Morgan fingerprint density at radius 3 is 2.61 bits per heavy atom. The van der Waals surface area contributed by atoms with Gasteiger partial charge in [0, 0.05) is 23.9 Å². The Morgan fingerprint density at radius 1 is 0.964 bits per heavy atom. The van der Waals surface area contributed by atoms with Crippen molar-refractivity contribution in [2.45, 2.75) is 12.3 Å². The van der Waals surface area contributed by atoms with Crippen molar-refractivity contribution in [3.8, 4) is 11.5 Å². The summed E-state index contributed by atoms with van der Waals surface area (Å²) in [6.45, 7) is 0. The lowest BCUT2D eigenvalue weighted by Crippen LogP contribution is -2.21. The molecule has 28 heavy (non-hydrogen) atoms. The van der Waals surface area contributed by atoms with Gasteiger partial charge < -0.3 is 9.47 Å². The van der Waals surface area contributed by atoms with Crippen LogP contribution < -0.4 is 9.47 Å². The van der Waals surface area contributed by atoms with E-state index in [1.807, 2.05) is 42.5 Å². The van der Waals surface area contributed by atoms with E-state index in [1.165, 1.54) is 0 Å². The van der Waals surface area contributed by atoms with Crippen LogP contribution in [0.15, 0.2) is 72.8 Å². The second kappa shape index (κ2) is 6.46. The quantitative estimate of drug-likeness (QED) is 0.386. The van der Waals surface area contributed by atoms with E-state index >= 15 is 0 Å². The number of rotatable bonds is 2. The molecular formula is C23H15NO4. The number of hydrogen-bond acceptors (Lipinski definition) is 5. The Morgan fingerprint density at radius 2 is 1.82 bits per heavy atom. The van der Waals surface area contributed by atoms with Crippen LogP contribution in [0.5, 0.6) is 11.5 Å². The fourth-order valence-electron chi connectivity index (χ4n) is 3.67. The van der Waals surface area contributed by atoms with Gasteiger partial charge in [-0.25, -0.2) is 0 Å². The Kier molecular flexibility index (Phi) is 3.79. The van der Waals surface area contributed by atoms with Crippen LogP contribution in [0.4, 0.5) is 0 Å². The van der Waals surface area contributed by atoms with Crippen LogP contribution in [-0.4, -0.2) is 16.7 Å². The second-order valence-electron chi connectivity index (χ2n) is 6.72. The molecule has 5 rings (SSSR count). The van der Waals surface area contributed by atoms with Gasteiger partial charge in [0.25, 0.3) is 0 Å². The third kappa shape index (κ3) is 2.68. The molecule has 0 amide bonds. The lowest BCUT2D eigenvalue weighted by atomic mass is 9.85. The highest BCUT2D eigenvalue weighted by Crippen LogP contribution is 2.48. The van der Waals surface area contributed by atoms with Crippen LogP contribution in [0.2, 0.25) is 0 Å². The maximum Gasteiger partial charge on any atom is 0.312 e. The predicted octanol–water partition coefficient (Wildman–Crippen LogP) is 4.14. The predicted molar refractivity (Wildman–Crippen MR) is 102 cm³/mol. The number of nitrogens with zero attached hydrogens (tertiary/aromatic N) is 1. The summed E-state index contributed by atoms with van der Waals surface area (Å²) in [5, 5.41) is 0. The number of ether oxygens (including phenoxy) is 2. The van der Waals surface area contributed by atoms with Crippen LogP contribution in [-0.2, 0) is 4.79 Å². The zero-order valence-corrected chi connectivity index (χ0v) is 14.8. The Bertz CT molecular complexity index is 1120. The Balaban J connectivity index is 1.63. The van der Waals surface area contributed by atoms with Crippen molar-refractivity contribution in [1.82, 2.24) is 4.98 Å². The molecule has 2 aromatic carbocycles. The minimum absolute atomic E-state index is 0.171. The first-order valence-corrected chi connectivity index (χ1v) is 8.97. The first-order valence-electron chi connectivity index (χ1n) is 8.97. The number of pyridine rings is 1. The van der Waals surface area contributed by atoms with Gasteiger partial charge in [-0.05, 0) is 35.4 Å². The van der Waals surface area contributed by atoms with E-state index in [4.69, 9.17) is 9.47 Å². The summed E-state index contributed by atoms with van der Waals surface area (Å²) in [7, 11) is 0. The summed E-state index contributed by atoms with van der Waals surface area (Å²) in [6, 6.07) is 16.6. The zero-order valence-electron chi connectivity index (χ0n) is 14.8. The van der Waals surface area contributed by atoms with Crippen molar-refractivity contribution < 1.29 is 19.1 Å². The van der Waals surface area contributed by atoms with Crippen molar-refractivity contribution in [2.75, 3.05) is 0 Å². The summed E-state index contributed by atoms with van der Waals surface area (Å²) in [5.74, 6) is 0.387. The molecule has 2 aliphatic heterocycles. The highest BCUT2D eigenvalue weighted by atomic mass is 16.5. The monoisotopic (exact) mass is 369 g/mol. The summed E-state index contributed by atoms with van der Waals surface area (Å²) >= 11 is 0. The Hall–Kier alpha value is -3.73. The molecule has 3 aromatic rings. The van der Waals surface area contributed by atoms with Gasteiger partial charge >= 0.3 is 5.97 Å². The smallest absolute Gasteiger partial charge is 0.312 e. The highest BCUT2D eigenvalue weighted by molar-refractivity contribution is 6.15. The van der Waals surface area contributed by atoms with E-state index in [-0.39, 0.29) is 29.9 Å². The molecule has 0 saturated heterocycles. The van der Waals surface area contributed by atoms with Crippen molar-refractivity contribution in [3.05, 3.63) is 95.0 Å². The topological polar surface area (TPSA) is 65.5 Å². The number of esters is 1. The van der Waals surface area contributed by atoms with E-state index in [0.29, 0.717) is 17.1 Å². The molecule has 1 aromatic heterocycles. The molecule has 136 valence electrons. The number of allylic oxidation sites excluding steroid dienone is 1. The largest absolute Gasteiger partial charge is 0.452 e. The van der Waals surface area contributed by atoms with E-state index in [9.17, 15) is 9.59 Å².